The summed E-state index contributed by atoms with van der Waals surface area (Å²) in [6.07, 6.45) is 0. The average molecular weight is 355 g/mol. The van der Waals surface area contributed by atoms with Gasteiger partial charge in [-0.05, 0) is 18.7 Å². The van der Waals surface area contributed by atoms with Crippen molar-refractivity contribution in [2.24, 2.45) is 0 Å². The summed E-state index contributed by atoms with van der Waals surface area (Å²) >= 11 is 12.2. The van der Waals surface area contributed by atoms with Crippen LogP contribution in [0.1, 0.15) is 6.92 Å². The lowest BCUT2D eigenvalue weighted by atomic mass is 10.1. The summed E-state index contributed by atoms with van der Waals surface area (Å²) in [7, 11) is 0. The molecule has 0 radical (unpaired) electrons. The van der Waals surface area contributed by atoms with Crippen LogP contribution in [0.15, 0.2) is 16.5 Å². The fraction of sp³-hybridized carbons (Fsp3) is 0.562. The van der Waals surface area contributed by atoms with Crippen molar-refractivity contribution in [2.75, 3.05) is 50.7 Å². The first-order valence-corrected chi connectivity index (χ1v) is 8.86. The van der Waals surface area contributed by atoms with E-state index in [0.717, 1.165) is 38.2 Å². The number of hydrogen-bond donors (Lipinski definition) is 0. The van der Waals surface area contributed by atoms with Crippen LogP contribution >= 0.6 is 23.2 Å². The topological polar surface area (TPSA) is 35.8 Å². The lowest BCUT2D eigenvalue weighted by molar-refractivity contribution is 0.0846. The van der Waals surface area contributed by atoms with Crippen LogP contribution in [-0.4, -0.2) is 66.6 Å². The Bertz CT molecular complexity index is 705. The molecular weight excluding hydrogens is 335 g/mol. The van der Waals surface area contributed by atoms with Crippen LogP contribution in [-0.2, 0) is 0 Å². The molecule has 4 rings (SSSR count). The van der Waals surface area contributed by atoms with Gasteiger partial charge in [0.2, 0.25) is 0 Å². The first kappa shape index (κ1) is 15.5. The molecule has 2 aromatic rings. The van der Waals surface area contributed by atoms with Gasteiger partial charge in [-0.3, -0.25) is 4.90 Å². The van der Waals surface area contributed by atoms with Crippen molar-refractivity contribution in [1.82, 2.24) is 14.8 Å². The molecule has 2 fully saturated rings. The maximum absolute atomic E-state index is 6.17. The second-order valence-electron chi connectivity index (χ2n) is 6.26. The van der Waals surface area contributed by atoms with Crippen LogP contribution in [0, 0.1) is 0 Å². The lowest BCUT2D eigenvalue weighted by Crippen LogP contribution is -2.63. The Morgan fingerprint density at radius 1 is 1.17 bits per heavy atom. The molecule has 2 aliphatic rings. The highest BCUT2D eigenvalue weighted by Crippen LogP contribution is 2.33. The van der Waals surface area contributed by atoms with E-state index in [9.17, 15) is 0 Å². The van der Waals surface area contributed by atoms with Crippen molar-refractivity contribution in [1.29, 1.82) is 0 Å². The smallest absolute Gasteiger partial charge is 0.298 e. The SMILES string of the molecule is CCN1CCN(C2CN(c3nc4cc(Cl)cc(Cl)c4o3)C2)CC1. The van der Waals surface area contributed by atoms with E-state index in [4.69, 9.17) is 27.6 Å². The fourth-order valence-electron chi connectivity index (χ4n) is 3.37. The van der Waals surface area contributed by atoms with Gasteiger partial charge in [-0.2, -0.15) is 4.98 Å². The van der Waals surface area contributed by atoms with Crippen LogP contribution < -0.4 is 4.90 Å². The average Bonchev–Trinajstić information content (AvgIpc) is 2.90. The minimum atomic E-state index is 0.513. The van der Waals surface area contributed by atoms with Gasteiger partial charge in [0.15, 0.2) is 5.58 Å². The van der Waals surface area contributed by atoms with Crippen LogP contribution in [0.4, 0.5) is 6.01 Å². The standard InChI is InChI=1S/C16H20Cl2N4O/c1-2-20-3-5-21(6-4-20)12-9-22(10-12)16-19-14-8-11(17)7-13(18)15(14)23-16/h7-8,12H,2-6,9-10H2,1H3. The molecule has 7 heteroatoms. The van der Waals surface area contributed by atoms with Crippen LogP contribution in [0.25, 0.3) is 11.1 Å². The van der Waals surface area contributed by atoms with E-state index in [1.807, 2.05) is 0 Å². The molecule has 0 unspecified atom stereocenters. The Kier molecular flexibility index (Phi) is 4.13. The van der Waals surface area contributed by atoms with Crippen LogP contribution in [0.3, 0.4) is 0 Å². The molecule has 0 bridgehead atoms. The minimum Gasteiger partial charge on any atom is -0.422 e. The van der Waals surface area contributed by atoms with E-state index < -0.39 is 0 Å². The van der Waals surface area contributed by atoms with Gasteiger partial charge in [-0.25, -0.2) is 0 Å². The molecule has 3 heterocycles. The van der Waals surface area contributed by atoms with E-state index >= 15 is 0 Å². The number of anilines is 1. The van der Waals surface area contributed by atoms with E-state index in [1.165, 1.54) is 13.1 Å². The predicted octanol–water partition coefficient (Wildman–Crippen LogP) is 2.96. The van der Waals surface area contributed by atoms with Gasteiger partial charge in [0, 0.05) is 50.3 Å². The third-order valence-electron chi connectivity index (χ3n) is 4.90. The van der Waals surface area contributed by atoms with E-state index in [1.54, 1.807) is 12.1 Å². The van der Waals surface area contributed by atoms with Crippen LogP contribution in [0.5, 0.6) is 0 Å². The molecule has 2 aliphatic heterocycles. The number of likely N-dealkylation sites (N-methyl/N-ethyl adjacent to an activating group) is 1. The highest BCUT2D eigenvalue weighted by atomic mass is 35.5. The largest absolute Gasteiger partial charge is 0.422 e. The molecule has 5 nitrogen and oxygen atoms in total. The number of aromatic nitrogens is 1. The van der Waals surface area contributed by atoms with E-state index in [2.05, 4.69) is 26.6 Å². The number of nitrogens with zero attached hydrogens (tertiary/aromatic N) is 4. The first-order valence-electron chi connectivity index (χ1n) is 8.11. The van der Waals surface area contributed by atoms with E-state index in [-0.39, 0.29) is 0 Å². The Morgan fingerprint density at radius 3 is 2.61 bits per heavy atom. The molecule has 0 spiro atoms. The second-order valence-corrected chi connectivity index (χ2v) is 7.10. The van der Waals surface area contributed by atoms with Gasteiger partial charge in [0.1, 0.15) is 5.52 Å². The summed E-state index contributed by atoms with van der Waals surface area (Å²) in [5.74, 6) is 0. The molecule has 1 aromatic heterocycles. The van der Waals surface area contributed by atoms with Gasteiger partial charge >= 0.3 is 0 Å². The van der Waals surface area contributed by atoms with Gasteiger partial charge in [0.25, 0.3) is 6.01 Å². The van der Waals surface area contributed by atoms with Crippen molar-refractivity contribution in [2.45, 2.75) is 13.0 Å². The van der Waals surface area contributed by atoms with E-state index in [0.29, 0.717) is 27.7 Å². The number of benzene rings is 1. The summed E-state index contributed by atoms with van der Waals surface area (Å²) in [5.41, 5.74) is 1.34. The van der Waals surface area contributed by atoms with Gasteiger partial charge in [-0.1, -0.05) is 30.1 Å². The van der Waals surface area contributed by atoms with Crippen molar-refractivity contribution < 1.29 is 4.42 Å². The summed E-state index contributed by atoms with van der Waals surface area (Å²) in [6, 6.07) is 4.72. The highest BCUT2D eigenvalue weighted by Gasteiger charge is 2.35. The number of hydrogen-bond acceptors (Lipinski definition) is 5. The summed E-state index contributed by atoms with van der Waals surface area (Å²) in [4.78, 5) is 11.8. The van der Waals surface area contributed by atoms with Gasteiger partial charge in [-0.15, -0.1) is 0 Å². The maximum atomic E-state index is 6.17. The molecule has 124 valence electrons. The number of oxazole rings is 1. The Labute approximate surface area is 145 Å². The molecular formula is C16H20Cl2N4O. The van der Waals surface area contributed by atoms with Crippen molar-refractivity contribution >= 4 is 40.3 Å². The number of rotatable bonds is 3. The highest BCUT2D eigenvalue weighted by molar-refractivity contribution is 6.38. The number of halogens is 2. The summed E-state index contributed by atoms with van der Waals surface area (Å²) in [5, 5.41) is 1.09. The van der Waals surface area contributed by atoms with Crippen molar-refractivity contribution in [3.05, 3.63) is 22.2 Å². The zero-order valence-electron chi connectivity index (χ0n) is 13.1. The molecule has 0 N–H and O–H groups in total. The maximum Gasteiger partial charge on any atom is 0.298 e. The van der Waals surface area contributed by atoms with Crippen molar-refractivity contribution in [3.8, 4) is 0 Å². The normalized spacial score (nSPS) is 21.1. The zero-order valence-corrected chi connectivity index (χ0v) is 14.6. The van der Waals surface area contributed by atoms with Gasteiger partial charge in [0.05, 0.1) is 5.02 Å². The zero-order chi connectivity index (χ0) is 16.0. The lowest BCUT2D eigenvalue weighted by Gasteiger charge is -2.47. The molecule has 23 heavy (non-hydrogen) atoms. The van der Waals surface area contributed by atoms with Crippen molar-refractivity contribution in [3.63, 3.8) is 0 Å². The van der Waals surface area contributed by atoms with Gasteiger partial charge < -0.3 is 14.2 Å². The molecule has 1 aromatic carbocycles. The number of fused-ring (bicyclic) bond motifs is 1. The second kappa shape index (κ2) is 6.13. The summed E-state index contributed by atoms with van der Waals surface area (Å²) < 4.78 is 5.83. The molecule has 0 saturated carbocycles. The minimum absolute atomic E-state index is 0.513. The quantitative estimate of drug-likeness (QED) is 0.846. The monoisotopic (exact) mass is 354 g/mol. The molecule has 0 amide bonds. The predicted molar refractivity (Wildman–Crippen MR) is 93.7 cm³/mol. The third kappa shape index (κ3) is 2.91. The third-order valence-corrected chi connectivity index (χ3v) is 5.40. The Balaban J connectivity index is 1.41. The number of piperazine rings is 1. The molecule has 0 atom stereocenters. The Morgan fingerprint density at radius 2 is 1.91 bits per heavy atom. The molecule has 0 aliphatic carbocycles. The fourth-order valence-corrected chi connectivity index (χ4v) is 3.89. The molecule has 2 saturated heterocycles. The first-order chi connectivity index (χ1) is 11.1. The van der Waals surface area contributed by atoms with Crippen LogP contribution in [0.2, 0.25) is 10.0 Å². The summed E-state index contributed by atoms with van der Waals surface area (Å²) in [6.45, 7) is 9.95. The Hall–Kier alpha value is -1.01.